The second-order valence-corrected chi connectivity index (χ2v) is 4.29. The van der Waals surface area contributed by atoms with Crippen LogP contribution >= 0.6 is 24.0 Å². The van der Waals surface area contributed by atoms with E-state index in [9.17, 15) is 0 Å². The van der Waals surface area contributed by atoms with Crippen molar-refractivity contribution in [3.8, 4) is 0 Å². The molecule has 2 rings (SSSR count). The quantitative estimate of drug-likeness (QED) is 0.416. The number of hydrogen-bond acceptors (Lipinski definition) is 4. The number of guanidine groups is 1. The summed E-state index contributed by atoms with van der Waals surface area (Å²) in [4.78, 5) is 8.87. The Morgan fingerprint density at radius 3 is 2.17 bits per heavy atom. The van der Waals surface area contributed by atoms with E-state index in [2.05, 4.69) is 14.8 Å². The van der Waals surface area contributed by atoms with Crippen molar-refractivity contribution in [2.75, 3.05) is 65.7 Å². The molecule has 7 heteroatoms. The topological polar surface area (TPSA) is 63.3 Å². The predicted octanol–water partition coefficient (Wildman–Crippen LogP) is -0.416. The Labute approximate surface area is 126 Å². The lowest BCUT2D eigenvalue weighted by Crippen LogP contribution is -2.45. The van der Waals surface area contributed by atoms with Crippen LogP contribution < -0.4 is 5.73 Å². The van der Waals surface area contributed by atoms with Crippen LogP contribution in [-0.4, -0.2) is 81.5 Å². The molecule has 106 valence electrons. The highest BCUT2D eigenvalue weighted by Crippen LogP contribution is 1.98. The van der Waals surface area contributed by atoms with Gasteiger partial charge in [0.1, 0.15) is 0 Å². The molecule has 0 aromatic rings. The number of nitrogens with zero attached hydrogens (tertiary/aromatic N) is 3. The highest BCUT2D eigenvalue weighted by Gasteiger charge is 2.12. The van der Waals surface area contributed by atoms with Crippen molar-refractivity contribution in [1.82, 2.24) is 9.80 Å². The van der Waals surface area contributed by atoms with E-state index in [0.29, 0.717) is 5.96 Å². The van der Waals surface area contributed by atoms with Gasteiger partial charge in [-0.1, -0.05) is 0 Å². The van der Waals surface area contributed by atoms with E-state index < -0.39 is 0 Å². The molecule has 0 spiro atoms. The monoisotopic (exact) mass is 370 g/mol. The summed E-state index contributed by atoms with van der Waals surface area (Å²) < 4.78 is 10.6. The molecule has 0 amide bonds. The normalized spacial score (nSPS) is 22.7. The second-order valence-electron chi connectivity index (χ2n) is 4.29. The van der Waals surface area contributed by atoms with Crippen molar-refractivity contribution in [2.24, 2.45) is 10.7 Å². The van der Waals surface area contributed by atoms with Gasteiger partial charge in [-0.25, -0.2) is 0 Å². The van der Waals surface area contributed by atoms with Gasteiger partial charge in [0.25, 0.3) is 0 Å². The standard InChI is InChI=1S/C11H22N4O2.HI/c12-11(15-5-9-17-10-6-15)13-1-2-14-3-7-16-8-4-14;/h1-10H2,(H2,12,13);1H. The Balaban J connectivity index is 0.00000162. The average molecular weight is 370 g/mol. The lowest BCUT2D eigenvalue weighted by Gasteiger charge is -2.28. The van der Waals surface area contributed by atoms with Gasteiger partial charge in [0.15, 0.2) is 5.96 Å². The summed E-state index contributed by atoms with van der Waals surface area (Å²) in [6.07, 6.45) is 0. The summed E-state index contributed by atoms with van der Waals surface area (Å²) in [5, 5.41) is 0. The molecule has 6 nitrogen and oxygen atoms in total. The van der Waals surface area contributed by atoms with Gasteiger partial charge < -0.3 is 20.1 Å². The number of halogens is 1. The average Bonchev–Trinajstić information content (AvgIpc) is 2.41. The predicted molar refractivity (Wildman–Crippen MR) is 81.6 cm³/mol. The molecule has 2 N–H and O–H groups in total. The molecule has 2 saturated heterocycles. The first kappa shape index (κ1) is 15.9. The third kappa shape index (κ3) is 5.25. The number of hydrogen-bond donors (Lipinski definition) is 1. The van der Waals surface area contributed by atoms with E-state index in [0.717, 1.165) is 65.7 Å². The highest BCUT2D eigenvalue weighted by molar-refractivity contribution is 14.0. The molecule has 0 unspecified atom stereocenters. The molecule has 0 aromatic heterocycles. The van der Waals surface area contributed by atoms with Crippen LogP contribution in [0.1, 0.15) is 0 Å². The number of ether oxygens (including phenoxy) is 2. The third-order valence-electron chi connectivity index (χ3n) is 3.13. The third-order valence-corrected chi connectivity index (χ3v) is 3.13. The van der Waals surface area contributed by atoms with Gasteiger partial charge in [-0.3, -0.25) is 9.89 Å². The first-order valence-electron chi connectivity index (χ1n) is 6.29. The number of rotatable bonds is 3. The maximum Gasteiger partial charge on any atom is 0.191 e. The van der Waals surface area contributed by atoms with Gasteiger partial charge in [-0.2, -0.15) is 0 Å². The minimum Gasteiger partial charge on any atom is -0.379 e. The summed E-state index contributed by atoms with van der Waals surface area (Å²) in [6.45, 7) is 8.63. The van der Waals surface area contributed by atoms with Crippen LogP contribution in [0.2, 0.25) is 0 Å². The fourth-order valence-electron chi connectivity index (χ4n) is 2.02. The van der Waals surface area contributed by atoms with Crippen LogP contribution in [0.25, 0.3) is 0 Å². The van der Waals surface area contributed by atoms with Crippen molar-refractivity contribution < 1.29 is 9.47 Å². The van der Waals surface area contributed by atoms with Gasteiger partial charge >= 0.3 is 0 Å². The van der Waals surface area contributed by atoms with E-state index in [1.165, 1.54) is 0 Å². The highest BCUT2D eigenvalue weighted by atomic mass is 127. The van der Waals surface area contributed by atoms with Gasteiger partial charge in [0, 0.05) is 32.7 Å². The van der Waals surface area contributed by atoms with Crippen LogP contribution in [0.3, 0.4) is 0 Å². The van der Waals surface area contributed by atoms with E-state index in [1.54, 1.807) is 0 Å². The fourth-order valence-corrected chi connectivity index (χ4v) is 2.02. The first-order chi connectivity index (χ1) is 8.36. The van der Waals surface area contributed by atoms with Crippen molar-refractivity contribution >= 4 is 29.9 Å². The second kappa shape index (κ2) is 8.89. The Kier molecular flexibility index (Phi) is 7.87. The molecule has 0 radical (unpaired) electrons. The number of nitrogens with two attached hydrogens (primary N) is 1. The zero-order valence-electron chi connectivity index (χ0n) is 10.7. The maximum atomic E-state index is 5.94. The van der Waals surface area contributed by atoms with E-state index in [4.69, 9.17) is 15.2 Å². The fraction of sp³-hybridized carbons (Fsp3) is 0.909. The van der Waals surface area contributed by atoms with Crippen molar-refractivity contribution in [2.45, 2.75) is 0 Å². The molecule has 0 aliphatic carbocycles. The van der Waals surface area contributed by atoms with Crippen LogP contribution in [-0.2, 0) is 9.47 Å². The van der Waals surface area contributed by atoms with E-state index in [1.807, 2.05) is 0 Å². The first-order valence-corrected chi connectivity index (χ1v) is 6.29. The van der Waals surface area contributed by atoms with Gasteiger partial charge in [-0.15, -0.1) is 24.0 Å². The summed E-state index contributed by atoms with van der Waals surface area (Å²) in [5.41, 5.74) is 5.94. The van der Waals surface area contributed by atoms with Crippen LogP contribution in [0.5, 0.6) is 0 Å². The number of morpholine rings is 2. The minimum absolute atomic E-state index is 0. The van der Waals surface area contributed by atoms with Crippen molar-refractivity contribution in [3.05, 3.63) is 0 Å². The largest absolute Gasteiger partial charge is 0.379 e. The lowest BCUT2D eigenvalue weighted by molar-refractivity contribution is 0.0393. The molecule has 0 bridgehead atoms. The van der Waals surface area contributed by atoms with E-state index >= 15 is 0 Å². The van der Waals surface area contributed by atoms with Gasteiger partial charge in [0.2, 0.25) is 0 Å². The van der Waals surface area contributed by atoms with Crippen LogP contribution in [0, 0.1) is 0 Å². The molecule has 2 aliphatic rings. The number of aliphatic imine (C=N–C) groups is 1. The summed E-state index contributed by atoms with van der Waals surface area (Å²) in [7, 11) is 0. The Morgan fingerprint density at radius 1 is 1.00 bits per heavy atom. The SMILES string of the molecule is I.NC(=NCCN1CCOCC1)N1CCOCC1. The Morgan fingerprint density at radius 2 is 1.56 bits per heavy atom. The van der Waals surface area contributed by atoms with Crippen LogP contribution in [0.4, 0.5) is 0 Å². The molecule has 2 heterocycles. The summed E-state index contributed by atoms with van der Waals surface area (Å²) in [6, 6.07) is 0. The van der Waals surface area contributed by atoms with Crippen LogP contribution in [0.15, 0.2) is 4.99 Å². The summed E-state index contributed by atoms with van der Waals surface area (Å²) in [5.74, 6) is 0.654. The smallest absolute Gasteiger partial charge is 0.191 e. The maximum absolute atomic E-state index is 5.94. The molecule has 0 saturated carbocycles. The molecule has 2 aliphatic heterocycles. The Hall–Kier alpha value is -0.120. The molecule has 2 fully saturated rings. The lowest BCUT2D eigenvalue weighted by atomic mass is 10.4. The molecular formula is C11H23IN4O2. The zero-order chi connectivity index (χ0) is 11.9. The summed E-state index contributed by atoms with van der Waals surface area (Å²) >= 11 is 0. The van der Waals surface area contributed by atoms with Crippen molar-refractivity contribution in [3.63, 3.8) is 0 Å². The molecule has 0 atom stereocenters. The molecule has 0 aromatic carbocycles. The molecule has 18 heavy (non-hydrogen) atoms. The zero-order valence-corrected chi connectivity index (χ0v) is 13.0. The molecular weight excluding hydrogens is 347 g/mol. The Bertz CT molecular complexity index is 253. The van der Waals surface area contributed by atoms with Gasteiger partial charge in [-0.05, 0) is 0 Å². The van der Waals surface area contributed by atoms with Gasteiger partial charge in [0.05, 0.1) is 33.0 Å². The van der Waals surface area contributed by atoms with E-state index in [-0.39, 0.29) is 24.0 Å². The van der Waals surface area contributed by atoms with Crippen molar-refractivity contribution in [1.29, 1.82) is 0 Å². The minimum atomic E-state index is 0.